The van der Waals surface area contributed by atoms with Crippen molar-refractivity contribution in [3.8, 4) is 5.75 Å². The van der Waals surface area contributed by atoms with Crippen molar-refractivity contribution in [2.24, 2.45) is 5.41 Å². The maximum absolute atomic E-state index is 13.9. The van der Waals surface area contributed by atoms with E-state index in [0.717, 1.165) is 34.6 Å². The van der Waals surface area contributed by atoms with Crippen LogP contribution in [0.5, 0.6) is 5.75 Å². The molecule has 1 aliphatic carbocycles. The predicted molar refractivity (Wildman–Crippen MR) is 129 cm³/mol. The molecule has 0 radical (unpaired) electrons. The van der Waals surface area contributed by atoms with Crippen molar-refractivity contribution in [2.45, 2.75) is 39.3 Å². The van der Waals surface area contributed by atoms with Crippen LogP contribution in [0.1, 0.15) is 43.9 Å². The van der Waals surface area contributed by atoms with Crippen LogP contribution < -0.4 is 15.4 Å². The number of nitrogens with one attached hydrogen (secondary N) is 2. The van der Waals surface area contributed by atoms with E-state index in [1.165, 1.54) is 6.07 Å². The Hall–Kier alpha value is -3.60. The van der Waals surface area contributed by atoms with Crippen LogP contribution in [0.2, 0.25) is 0 Å². The first kappa shape index (κ1) is 21.3. The fraction of sp³-hybridized carbons (Fsp3) is 0.250. The number of fused-ring (bicyclic) bond motifs is 1. The molecule has 168 valence electrons. The van der Waals surface area contributed by atoms with E-state index in [-0.39, 0.29) is 29.7 Å². The first-order valence-corrected chi connectivity index (χ1v) is 11.2. The van der Waals surface area contributed by atoms with Crippen LogP contribution in [0.25, 0.3) is 0 Å². The lowest BCUT2D eigenvalue weighted by Gasteiger charge is -2.34. The minimum Gasteiger partial charge on any atom is -0.489 e. The molecule has 1 heterocycles. The summed E-state index contributed by atoms with van der Waals surface area (Å²) in [6.07, 6.45) is 1.33. The summed E-state index contributed by atoms with van der Waals surface area (Å²) in [6.45, 7) is 4.43. The summed E-state index contributed by atoms with van der Waals surface area (Å²) in [5.74, 6) is 0.541. The fourth-order valence-electron chi connectivity index (χ4n) is 4.67. The second-order valence-corrected chi connectivity index (χ2v) is 9.53. The van der Waals surface area contributed by atoms with Gasteiger partial charge in [-0.25, -0.2) is 4.39 Å². The molecular formula is C28H27FN2O2. The Kier molecular flexibility index (Phi) is 5.41. The molecule has 4 nitrogen and oxygen atoms in total. The number of carbonyl (C=O) groups excluding carboxylic acids is 1. The van der Waals surface area contributed by atoms with Crippen molar-refractivity contribution in [1.29, 1.82) is 0 Å². The van der Waals surface area contributed by atoms with Gasteiger partial charge >= 0.3 is 0 Å². The molecule has 2 N–H and O–H groups in total. The summed E-state index contributed by atoms with van der Waals surface area (Å²) < 4.78 is 19.7. The smallest absolute Gasteiger partial charge is 0.163 e. The van der Waals surface area contributed by atoms with E-state index in [2.05, 4.69) is 24.5 Å². The third kappa shape index (κ3) is 4.36. The van der Waals surface area contributed by atoms with Gasteiger partial charge in [-0.1, -0.05) is 56.3 Å². The number of anilines is 2. The summed E-state index contributed by atoms with van der Waals surface area (Å²) in [4.78, 5) is 13.3. The number of halogens is 1. The van der Waals surface area contributed by atoms with Crippen molar-refractivity contribution in [2.75, 3.05) is 10.6 Å². The van der Waals surface area contributed by atoms with Crippen LogP contribution in [0, 0.1) is 11.2 Å². The van der Waals surface area contributed by atoms with Gasteiger partial charge in [0.2, 0.25) is 0 Å². The quantitative estimate of drug-likeness (QED) is 0.476. The lowest BCUT2D eigenvalue weighted by Crippen LogP contribution is -2.31. The zero-order valence-electron chi connectivity index (χ0n) is 18.8. The Balaban J connectivity index is 1.45. The second-order valence-electron chi connectivity index (χ2n) is 9.53. The average molecular weight is 443 g/mol. The van der Waals surface area contributed by atoms with Crippen molar-refractivity contribution in [3.63, 3.8) is 0 Å². The highest BCUT2D eigenvalue weighted by molar-refractivity contribution is 6.01. The number of carbonyl (C=O) groups is 1. The Morgan fingerprint density at radius 1 is 0.939 bits per heavy atom. The van der Waals surface area contributed by atoms with Crippen LogP contribution in [0.3, 0.4) is 0 Å². The minimum atomic E-state index is -0.277. The molecule has 2 aliphatic rings. The van der Waals surface area contributed by atoms with Gasteiger partial charge in [0.15, 0.2) is 5.78 Å². The van der Waals surface area contributed by atoms with Gasteiger partial charge in [-0.2, -0.15) is 0 Å². The Labute approximate surface area is 193 Å². The molecule has 5 heteroatoms. The first-order valence-electron chi connectivity index (χ1n) is 11.2. The van der Waals surface area contributed by atoms with Crippen molar-refractivity contribution in [3.05, 3.63) is 101 Å². The van der Waals surface area contributed by atoms with Gasteiger partial charge < -0.3 is 15.4 Å². The molecule has 0 fully saturated rings. The Bertz CT molecular complexity index is 1230. The van der Waals surface area contributed by atoms with E-state index in [4.69, 9.17) is 4.74 Å². The van der Waals surface area contributed by atoms with Gasteiger partial charge in [0.1, 0.15) is 18.2 Å². The molecule has 0 spiro atoms. The molecule has 3 aromatic rings. The normalized spacial score (nSPS) is 19.0. The molecule has 1 atom stereocenters. The molecule has 33 heavy (non-hydrogen) atoms. The van der Waals surface area contributed by atoms with E-state index in [1.54, 1.807) is 18.2 Å². The third-order valence-electron chi connectivity index (χ3n) is 6.29. The number of rotatable bonds is 4. The van der Waals surface area contributed by atoms with Crippen molar-refractivity contribution < 1.29 is 13.9 Å². The van der Waals surface area contributed by atoms with E-state index in [0.29, 0.717) is 17.7 Å². The summed E-state index contributed by atoms with van der Waals surface area (Å²) in [7, 11) is 0. The molecule has 0 aromatic heterocycles. The number of hydrogen-bond donors (Lipinski definition) is 2. The van der Waals surface area contributed by atoms with Crippen LogP contribution in [-0.2, 0) is 11.4 Å². The van der Waals surface area contributed by atoms with Gasteiger partial charge in [0.05, 0.1) is 17.4 Å². The number of ketones is 1. The van der Waals surface area contributed by atoms with Crippen molar-refractivity contribution in [1.82, 2.24) is 0 Å². The highest BCUT2D eigenvalue weighted by Gasteiger charge is 2.38. The maximum Gasteiger partial charge on any atom is 0.163 e. The number of Topliss-reactive ketones (excluding diaryl/α,β-unsaturated/α-hetero) is 1. The fourth-order valence-corrected chi connectivity index (χ4v) is 4.67. The lowest BCUT2D eigenvalue weighted by atomic mass is 9.73. The summed E-state index contributed by atoms with van der Waals surface area (Å²) >= 11 is 0. The topological polar surface area (TPSA) is 50.4 Å². The second kappa shape index (κ2) is 8.39. The summed E-state index contributed by atoms with van der Waals surface area (Å²) in [6, 6.07) is 22.1. The van der Waals surface area contributed by atoms with Crippen LogP contribution >= 0.6 is 0 Å². The number of hydrogen-bond acceptors (Lipinski definition) is 4. The molecule has 0 bridgehead atoms. The number of benzene rings is 3. The number of ether oxygens (including phenoxy) is 1. The van der Waals surface area contributed by atoms with Crippen LogP contribution in [0.4, 0.5) is 15.8 Å². The van der Waals surface area contributed by atoms with E-state index >= 15 is 0 Å². The highest BCUT2D eigenvalue weighted by atomic mass is 19.1. The third-order valence-corrected chi connectivity index (χ3v) is 6.29. The first-order chi connectivity index (χ1) is 15.9. The number of para-hydroxylation sites is 2. The van der Waals surface area contributed by atoms with Crippen molar-refractivity contribution >= 4 is 17.2 Å². The average Bonchev–Trinajstić information content (AvgIpc) is 2.94. The maximum atomic E-state index is 13.9. The Morgan fingerprint density at radius 2 is 1.64 bits per heavy atom. The molecule has 0 saturated heterocycles. The molecule has 0 unspecified atom stereocenters. The molecular weight excluding hydrogens is 415 g/mol. The molecule has 5 rings (SSSR count). The molecule has 1 aliphatic heterocycles. The zero-order valence-corrected chi connectivity index (χ0v) is 18.8. The minimum absolute atomic E-state index is 0.0862. The van der Waals surface area contributed by atoms with E-state index < -0.39 is 0 Å². The molecule has 0 saturated carbocycles. The number of allylic oxidation sites excluding steroid dienone is 1. The standard InChI is InChI=1S/C28H27FN2O2/c1-28(2)15-24-26(25(32)16-28)27(31-23-10-6-5-9-22(23)30-24)18-11-13-20(14-12-18)33-17-19-7-3-4-8-21(19)29/h3-14,27,30-31H,15-17H2,1-2H3/t27-/m1/s1. The summed E-state index contributed by atoms with van der Waals surface area (Å²) in [5.41, 5.74) is 5.12. The van der Waals surface area contributed by atoms with Gasteiger partial charge in [-0.15, -0.1) is 0 Å². The summed E-state index contributed by atoms with van der Waals surface area (Å²) in [5, 5.41) is 7.12. The predicted octanol–water partition coefficient (Wildman–Crippen LogP) is 6.63. The van der Waals surface area contributed by atoms with Gasteiger partial charge in [-0.05, 0) is 47.7 Å². The lowest BCUT2D eigenvalue weighted by molar-refractivity contribution is -0.118. The molecule has 0 amide bonds. The van der Waals surface area contributed by atoms with Gasteiger partial charge in [0.25, 0.3) is 0 Å². The van der Waals surface area contributed by atoms with Crippen LogP contribution in [-0.4, -0.2) is 5.78 Å². The van der Waals surface area contributed by atoms with E-state index in [9.17, 15) is 9.18 Å². The zero-order chi connectivity index (χ0) is 23.0. The van der Waals surface area contributed by atoms with Gasteiger partial charge in [-0.3, -0.25) is 4.79 Å². The molecule has 3 aromatic carbocycles. The SMILES string of the molecule is CC1(C)CC(=O)C2=C(C1)Nc1ccccc1N[C@@H]2c1ccc(OCc2ccccc2F)cc1. The Morgan fingerprint density at radius 3 is 2.39 bits per heavy atom. The van der Waals surface area contributed by atoms with Crippen LogP contribution in [0.15, 0.2) is 84.1 Å². The van der Waals surface area contributed by atoms with Gasteiger partial charge in [0, 0.05) is 23.3 Å². The monoisotopic (exact) mass is 442 g/mol. The highest BCUT2D eigenvalue weighted by Crippen LogP contribution is 2.45. The van der Waals surface area contributed by atoms with E-state index in [1.807, 2.05) is 48.5 Å². The largest absolute Gasteiger partial charge is 0.489 e.